The number of carbonyl (C=O) groups excluding carboxylic acids is 1. The SMILES string of the molecule is CC#CCCNC(=O)NC1CCCC1C(=O)O. The Morgan fingerprint density at radius 2 is 2.18 bits per heavy atom. The summed E-state index contributed by atoms with van der Waals surface area (Å²) >= 11 is 0. The smallest absolute Gasteiger partial charge is 0.315 e. The average molecular weight is 238 g/mol. The summed E-state index contributed by atoms with van der Waals surface area (Å²) in [7, 11) is 0. The molecule has 94 valence electrons. The van der Waals surface area contributed by atoms with E-state index < -0.39 is 11.9 Å². The van der Waals surface area contributed by atoms with Crippen LogP contribution in [0, 0.1) is 17.8 Å². The molecule has 0 aromatic carbocycles. The molecule has 0 aromatic rings. The van der Waals surface area contributed by atoms with Gasteiger partial charge in [-0.15, -0.1) is 11.8 Å². The first-order valence-electron chi connectivity index (χ1n) is 5.82. The minimum atomic E-state index is -0.829. The maximum Gasteiger partial charge on any atom is 0.315 e. The zero-order valence-electron chi connectivity index (χ0n) is 9.95. The number of hydrogen-bond acceptors (Lipinski definition) is 2. The van der Waals surface area contributed by atoms with Crippen molar-refractivity contribution < 1.29 is 14.7 Å². The van der Waals surface area contributed by atoms with E-state index in [0.717, 1.165) is 12.8 Å². The van der Waals surface area contributed by atoms with Crippen LogP contribution in [0.4, 0.5) is 4.79 Å². The van der Waals surface area contributed by atoms with E-state index in [9.17, 15) is 9.59 Å². The molecule has 1 fully saturated rings. The Balaban J connectivity index is 2.29. The van der Waals surface area contributed by atoms with Crippen molar-refractivity contribution in [3.05, 3.63) is 0 Å². The molecule has 1 aliphatic carbocycles. The third kappa shape index (κ3) is 4.35. The van der Waals surface area contributed by atoms with Crippen LogP contribution in [0.15, 0.2) is 0 Å². The van der Waals surface area contributed by atoms with Gasteiger partial charge in [0.1, 0.15) is 0 Å². The number of hydrogen-bond donors (Lipinski definition) is 3. The Hall–Kier alpha value is -1.70. The number of carbonyl (C=O) groups is 2. The van der Waals surface area contributed by atoms with Gasteiger partial charge in [0.05, 0.1) is 5.92 Å². The van der Waals surface area contributed by atoms with Gasteiger partial charge < -0.3 is 15.7 Å². The fourth-order valence-electron chi connectivity index (χ4n) is 2.01. The standard InChI is InChI=1S/C12H18N2O3/c1-2-3-4-8-13-12(17)14-10-7-5-6-9(10)11(15)16/h9-10H,4-8H2,1H3,(H,15,16)(H2,13,14,17). The van der Waals surface area contributed by atoms with Gasteiger partial charge in [0.15, 0.2) is 0 Å². The molecule has 0 bridgehead atoms. The van der Waals surface area contributed by atoms with Crippen molar-refractivity contribution in [3.8, 4) is 11.8 Å². The number of aliphatic carboxylic acids is 1. The van der Waals surface area contributed by atoms with Crippen molar-refractivity contribution >= 4 is 12.0 Å². The van der Waals surface area contributed by atoms with Crippen LogP contribution in [0.3, 0.4) is 0 Å². The molecule has 0 radical (unpaired) electrons. The summed E-state index contributed by atoms with van der Waals surface area (Å²) in [5.74, 6) is 4.30. The van der Waals surface area contributed by atoms with Gasteiger partial charge in [0.2, 0.25) is 0 Å². The molecule has 5 heteroatoms. The molecule has 0 heterocycles. The lowest BCUT2D eigenvalue weighted by Crippen LogP contribution is -2.45. The molecule has 0 spiro atoms. The number of amides is 2. The second-order valence-corrected chi connectivity index (χ2v) is 4.06. The summed E-state index contributed by atoms with van der Waals surface area (Å²) in [5.41, 5.74) is 0. The van der Waals surface area contributed by atoms with E-state index in [-0.39, 0.29) is 12.1 Å². The maximum absolute atomic E-state index is 11.5. The zero-order valence-corrected chi connectivity index (χ0v) is 9.95. The fourth-order valence-corrected chi connectivity index (χ4v) is 2.01. The molecule has 0 aliphatic heterocycles. The van der Waals surface area contributed by atoms with Gasteiger partial charge >= 0.3 is 12.0 Å². The van der Waals surface area contributed by atoms with E-state index in [0.29, 0.717) is 19.4 Å². The summed E-state index contributed by atoms with van der Waals surface area (Å²) in [4.78, 5) is 22.4. The van der Waals surface area contributed by atoms with Crippen LogP contribution in [0.25, 0.3) is 0 Å². The fraction of sp³-hybridized carbons (Fsp3) is 0.667. The Kier molecular flexibility index (Phi) is 5.34. The minimum Gasteiger partial charge on any atom is -0.481 e. The third-order valence-electron chi connectivity index (χ3n) is 2.86. The van der Waals surface area contributed by atoms with Crippen LogP contribution in [-0.2, 0) is 4.79 Å². The Labute approximate surface area is 101 Å². The first-order valence-corrected chi connectivity index (χ1v) is 5.82. The quantitative estimate of drug-likeness (QED) is 0.504. The topological polar surface area (TPSA) is 78.4 Å². The molecule has 3 N–H and O–H groups in total. The molecular formula is C12H18N2O3. The molecule has 5 nitrogen and oxygen atoms in total. The molecule has 2 amide bonds. The highest BCUT2D eigenvalue weighted by molar-refractivity contribution is 5.77. The molecule has 2 unspecified atom stereocenters. The van der Waals surface area contributed by atoms with Gasteiger partial charge in [-0.2, -0.15) is 0 Å². The van der Waals surface area contributed by atoms with Crippen LogP contribution in [-0.4, -0.2) is 29.7 Å². The molecular weight excluding hydrogens is 220 g/mol. The van der Waals surface area contributed by atoms with Crippen LogP contribution >= 0.6 is 0 Å². The molecule has 0 aromatic heterocycles. The second-order valence-electron chi connectivity index (χ2n) is 4.06. The van der Waals surface area contributed by atoms with E-state index in [1.807, 2.05) is 0 Å². The Bertz CT molecular complexity index is 343. The number of rotatable bonds is 4. The van der Waals surface area contributed by atoms with Gasteiger partial charge in [-0.25, -0.2) is 4.79 Å². The average Bonchev–Trinajstić information content (AvgIpc) is 2.72. The van der Waals surface area contributed by atoms with E-state index in [1.54, 1.807) is 6.92 Å². The highest BCUT2D eigenvalue weighted by atomic mass is 16.4. The normalized spacial score (nSPS) is 22.4. The molecule has 1 rings (SSSR count). The number of nitrogens with one attached hydrogen (secondary N) is 2. The first-order chi connectivity index (χ1) is 8.15. The van der Waals surface area contributed by atoms with Crippen molar-refractivity contribution in [2.45, 2.75) is 38.6 Å². The summed E-state index contributed by atoms with van der Waals surface area (Å²) in [6.07, 6.45) is 2.83. The van der Waals surface area contributed by atoms with Gasteiger partial charge in [-0.3, -0.25) is 4.79 Å². The lowest BCUT2D eigenvalue weighted by molar-refractivity contribution is -0.142. The van der Waals surface area contributed by atoms with Crippen LogP contribution < -0.4 is 10.6 Å². The lowest BCUT2D eigenvalue weighted by Gasteiger charge is -2.17. The number of urea groups is 1. The Morgan fingerprint density at radius 3 is 2.82 bits per heavy atom. The van der Waals surface area contributed by atoms with E-state index in [4.69, 9.17) is 5.11 Å². The van der Waals surface area contributed by atoms with Crippen molar-refractivity contribution in [3.63, 3.8) is 0 Å². The van der Waals surface area contributed by atoms with Crippen LogP contribution in [0.1, 0.15) is 32.6 Å². The van der Waals surface area contributed by atoms with Crippen molar-refractivity contribution in [1.82, 2.24) is 10.6 Å². The van der Waals surface area contributed by atoms with E-state index >= 15 is 0 Å². The third-order valence-corrected chi connectivity index (χ3v) is 2.86. The van der Waals surface area contributed by atoms with Crippen molar-refractivity contribution in [2.24, 2.45) is 5.92 Å². The molecule has 1 aliphatic rings. The van der Waals surface area contributed by atoms with Crippen LogP contribution in [0.5, 0.6) is 0 Å². The maximum atomic E-state index is 11.5. The van der Waals surface area contributed by atoms with Gasteiger partial charge in [0, 0.05) is 19.0 Å². The van der Waals surface area contributed by atoms with E-state index in [1.165, 1.54) is 0 Å². The highest BCUT2D eigenvalue weighted by Gasteiger charge is 2.33. The summed E-state index contributed by atoms with van der Waals surface area (Å²) < 4.78 is 0. The summed E-state index contributed by atoms with van der Waals surface area (Å²) in [6, 6.07) is -0.550. The highest BCUT2D eigenvalue weighted by Crippen LogP contribution is 2.25. The van der Waals surface area contributed by atoms with Gasteiger partial charge in [-0.05, 0) is 19.8 Å². The lowest BCUT2D eigenvalue weighted by atomic mass is 10.0. The summed E-state index contributed by atoms with van der Waals surface area (Å²) in [6.45, 7) is 2.23. The minimum absolute atomic E-state index is 0.246. The molecule has 2 atom stereocenters. The predicted molar refractivity (Wildman–Crippen MR) is 63.4 cm³/mol. The monoisotopic (exact) mass is 238 g/mol. The van der Waals surface area contributed by atoms with Crippen molar-refractivity contribution in [1.29, 1.82) is 0 Å². The predicted octanol–water partition coefficient (Wildman–Crippen LogP) is 0.952. The van der Waals surface area contributed by atoms with Crippen LogP contribution in [0.2, 0.25) is 0 Å². The molecule has 0 saturated heterocycles. The zero-order chi connectivity index (χ0) is 12.7. The number of carboxylic acids is 1. The Morgan fingerprint density at radius 1 is 1.41 bits per heavy atom. The summed E-state index contributed by atoms with van der Waals surface area (Å²) in [5, 5.41) is 14.3. The first kappa shape index (κ1) is 13.4. The second kappa shape index (κ2) is 6.79. The van der Waals surface area contributed by atoms with Gasteiger partial charge in [0.25, 0.3) is 0 Å². The van der Waals surface area contributed by atoms with E-state index in [2.05, 4.69) is 22.5 Å². The van der Waals surface area contributed by atoms with Gasteiger partial charge in [-0.1, -0.05) is 6.42 Å². The molecule has 17 heavy (non-hydrogen) atoms. The van der Waals surface area contributed by atoms with Crippen molar-refractivity contribution in [2.75, 3.05) is 6.54 Å². The molecule has 1 saturated carbocycles. The number of carboxylic acid groups (broad SMARTS) is 1. The largest absolute Gasteiger partial charge is 0.481 e.